The summed E-state index contributed by atoms with van der Waals surface area (Å²) in [5, 5.41) is 16.9. The van der Waals surface area contributed by atoms with E-state index in [4.69, 9.17) is 11.6 Å². The molecule has 1 heterocycles. The standard InChI is InChI=1S/C19H18ClN3O2/c20-16-8-6-15(7-9-16)17-12-18(22-21-17)19(25)23(10-11-24)13-14-4-2-1-3-5-14/h1-9,12,24H,10-11,13H2,(H,21,22). The molecule has 1 aromatic heterocycles. The van der Waals surface area contributed by atoms with Gasteiger partial charge in [-0.05, 0) is 23.8 Å². The minimum absolute atomic E-state index is 0.100. The van der Waals surface area contributed by atoms with Crippen molar-refractivity contribution < 1.29 is 9.90 Å². The normalized spacial score (nSPS) is 10.6. The highest BCUT2D eigenvalue weighted by molar-refractivity contribution is 6.30. The summed E-state index contributed by atoms with van der Waals surface area (Å²) < 4.78 is 0. The van der Waals surface area contributed by atoms with E-state index >= 15 is 0 Å². The zero-order valence-electron chi connectivity index (χ0n) is 13.5. The number of benzene rings is 2. The molecule has 0 saturated carbocycles. The fourth-order valence-corrected chi connectivity index (χ4v) is 2.67. The smallest absolute Gasteiger partial charge is 0.272 e. The number of aromatic amines is 1. The van der Waals surface area contributed by atoms with Gasteiger partial charge in [-0.1, -0.05) is 54.1 Å². The predicted molar refractivity (Wildman–Crippen MR) is 97.3 cm³/mol. The molecule has 0 saturated heterocycles. The number of hydrogen-bond donors (Lipinski definition) is 2. The van der Waals surface area contributed by atoms with Gasteiger partial charge in [0.1, 0.15) is 5.69 Å². The van der Waals surface area contributed by atoms with Crippen molar-refractivity contribution >= 4 is 17.5 Å². The molecule has 0 aliphatic rings. The van der Waals surface area contributed by atoms with Crippen LogP contribution < -0.4 is 0 Å². The molecule has 1 amide bonds. The van der Waals surface area contributed by atoms with Crippen LogP contribution in [0.3, 0.4) is 0 Å². The van der Waals surface area contributed by atoms with E-state index in [1.54, 1.807) is 23.1 Å². The van der Waals surface area contributed by atoms with Crippen LogP contribution in [-0.4, -0.2) is 39.3 Å². The molecule has 3 rings (SSSR count). The highest BCUT2D eigenvalue weighted by Crippen LogP contribution is 2.21. The summed E-state index contributed by atoms with van der Waals surface area (Å²) in [6.07, 6.45) is 0. The molecular formula is C19H18ClN3O2. The van der Waals surface area contributed by atoms with Gasteiger partial charge in [-0.25, -0.2) is 0 Å². The molecule has 0 atom stereocenters. The third kappa shape index (κ3) is 4.26. The maximum absolute atomic E-state index is 12.8. The Morgan fingerprint density at radius 3 is 2.52 bits per heavy atom. The van der Waals surface area contributed by atoms with E-state index in [1.807, 2.05) is 42.5 Å². The molecule has 0 fully saturated rings. The van der Waals surface area contributed by atoms with Crippen molar-refractivity contribution in [3.63, 3.8) is 0 Å². The quantitative estimate of drug-likeness (QED) is 0.712. The topological polar surface area (TPSA) is 69.2 Å². The first kappa shape index (κ1) is 17.2. The van der Waals surface area contributed by atoms with E-state index in [0.29, 0.717) is 23.0 Å². The zero-order chi connectivity index (χ0) is 17.6. The molecule has 3 aromatic rings. The molecule has 128 valence electrons. The number of aliphatic hydroxyl groups is 1. The lowest BCUT2D eigenvalue weighted by Crippen LogP contribution is -2.33. The average molecular weight is 356 g/mol. The van der Waals surface area contributed by atoms with Crippen LogP contribution in [0.25, 0.3) is 11.3 Å². The molecule has 0 bridgehead atoms. The maximum Gasteiger partial charge on any atom is 0.272 e. The first-order valence-electron chi connectivity index (χ1n) is 7.93. The summed E-state index contributed by atoms with van der Waals surface area (Å²) in [7, 11) is 0. The van der Waals surface area contributed by atoms with Crippen LogP contribution in [0.5, 0.6) is 0 Å². The van der Waals surface area contributed by atoms with Gasteiger partial charge in [0, 0.05) is 23.7 Å². The van der Waals surface area contributed by atoms with Crippen LogP contribution in [-0.2, 0) is 6.54 Å². The molecule has 0 aliphatic heterocycles. The van der Waals surface area contributed by atoms with Crippen LogP contribution in [0, 0.1) is 0 Å². The molecule has 6 heteroatoms. The minimum atomic E-state index is -0.203. The Kier molecular flexibility index (Phi) is 5.48. The Labute approximate surface area is 150 Å². The average Bonchev–Trinajstić information content (AvgIpc) is 3.12. The third-order valence-corrected chi connectivity index (χ3v) is 4.07. The van der Waals surface area contributed by atoms with Gasteiger partial charge in [-0.2, -0.15) is 5.10 Å². The van der Waals surface area contributed by atoms with Gasteiger partial charge in [0.05, 0.1) is 12.3 Å². The number of nitrogens with zero attached hydrogens (tertiary/aromatic N) is 2. The molecule has 0 aliphatic carbocycles. The summed E-state index contributed by atoms with van der Waals surface area (Å²) in [4.78, 5) is 14.4. The second kappa shape index (κ2) is 7.96. The van der Waals surface area contributed by atoms with Gasteiger partial charge in [-0.15, -0.1) is 0 Å². The van der Waals surface area contributed by atoms with E-state index in [9.17, 15) is 9.90 Å². The molecule has 25 heavy (non-hydrogen) atoms. The molecule has 2 N–H and O–H groups in total. The van der Waals surface area contributed by atoms with Crippen molar-refractivity contribution in [2.24, 2.45) is 0 Å². The molecule has 0 radical (unpaired) electrons. The van der Waals surface area contributed by atoms with E-state index in [1.165, 1.54) is 0 Å². The summed E-state index contributed by atoms with van der Waals surface area (Å²) >= 11 is 5.90. The van der Waals surface area contributed by atoms with Crippen LogP contribution in [0.4, 0.5) is 0 Å². The lowest BCUT2D eigenvalue weighted by molar-refractivity contribution is 0.0702. The van der Waals surface area contributed by atoms with Crippen molar-refractivity contribution in [1.82, 2.24) is 15.1 Å². The van der Waals surface area contributed by atoms with Crippen molar-refractivity contribution in [2.75, 3.05) is 13.2 Å². The molecule has 5 nitrogen and oxygen atoms in total. The van der Waals surface area contributed by atoms with Crippen molar-refractivity contribution in [1.29, 1.82) is 0 Å². The van der Waals surface area contributed by atoms with Gasteiger partial charge < -0.3 is 10.0 Å². The first-order chi connectivity index (χ1) is 12.2. The Balaban J connectivity index is 1.79. The van der Waals surface area contributed by atoms with Gasteiger partial charge in [0.25, 0.3) is 5.91 Å². The number of nitrogens with one attached hydrogen (secondary N) is 1. The van der Waals surface area contributed by atoms with E-state index in [2.05, 4.69) is 10.2 Å². The van der Waals surface area contributed by atoms with Crippen molar-refractivity contribution in [3.8, 4) is 11.3 Å². The van der Waals surface area contributed by atoms with E-state index in [0.717, 1.165) is 11.1 Å². The van der Waals surface area contributed by atoms with E-state index in [-0.39, 0.29) is 19.1 Å². The lowest BCUT2D eigenvalue weighted by Gasteiger charge is -2.21. The fraction of sp³-hybridized carbons (Fsp3) is 0.158. The number of carbonyl (C=O) groups is 1. The number of hydrogen-bond acceptors (Lipinski definition) is 3. The molecule has 2 aromatic carbocycles. The zero-order valence-corrected chi connectivity index (χ0v) is 14.3. The summed E-state index contributed by atoms with van der Waals surface area (Å²) in [6, 6.07) is 18.6. The van der Waals surface area contributed by atoms with Crippen molar-refractivity contribution in [2.45, 2.75) is 6.54 Å². The number of H-pyrrole nitrogens is 1. The number of aliphatic hydroxyl groups excluding tert-OH is 1. The highest BCUT2D eigenvalue weighted by Gasteiger charge is 2.18. The number of aromatic nitrogens is 2. The van der Waals surface area contributed by atoms with Crippen molar-refractivity contribution in [3.05, 3.63) is 76.9 Å². The molecule has 0 unspecified atom stereocenters. The Hall–Kier alpha value is -2.63. The van der Waals surface area contributed by atoms with Crippen LogP contribution in [0.1, 0.15) is 16.1 Å². The fourth-order valence-electron chi connectivity index (χ4n) is 2.55. The third-order valence-electron chi connectivity index (χ3n) is 3.82. The lowest BCUT2D eigenvalue weighted by atomic mass is 10.1. The summed E-state index contributed by atoms with van der Waals surface area (Å²) in [6.45, 7) is 0.579. The summed E-state index contributed by atoms with van der Waals surface area (Å²) in [5.74, 6) is -0.203. The highest BCUT2D eigenvalue weighted by atomic mass is 35.5. The van der Waals surface area contributed by atoms with Crippen LogP contribution in [0.2, 0.25) is 5.02 Å². The Morgan fingerprint density at radius 1 is 1.12 bits per heavy atom. The van der Waals surface area contributed by atoms with Crippen LogP contribution in [0.15, 0.2) is 60.7 Å². The number of amides is 1. The van der Waals surface area contributed by atoms with Gasteiger partial charge in [-0.3, -0.25) is 9.89 Å². The first-order valence-corrected chi connectivity index (χ1v) is 8.30. The van der Waals surface area contributed by atoms with Gasteiger partial charge in [0.2, 0.25) is 0 Å². The largest absolute Gasteiger partial charge is 0.395 e. The Bertz CT molecular complexity index is 831. The van der Waals surface area contributed by atoms with Gasteiger partial charge >= 0.3 is 0 Å². The Morgan fingerprint density at radius 2 is 1.84 bits per heavy atom. The van der Waals surface area contributed by atoms with Gasteiger partial charge in [0.15, 0.2) is 0 Å². The second-order valence-electron chi connectivity index (χ2n) is 5.61. The predicted octanol–water partition coefficient (Wildman–Crippen LogP) is 3.36. The number of carbonyl (C=O) groups excluding carboxylic acids is 1. The molecule has 0 spiro atoms. The number of halogens is 1. The summed E-state index contributed by atoms with van der Waals surface area (Å²) in [5.41, 5.74) is 2.93. The van der Waals surface area contributed by atoms with Crippen LogP contribution >= 0.6 is 11.6 Å². The van der Waals surface area contributed by atoms with E-state index < -0.39 is 0 Å². The maximum atomic E-state index is 12.8. The SMILES string of the molecule is O=C(c1cc(-c2ccc(Cl)cc2)n[nH]1)N(CCO)Cc1ccccc1. The number of rotatable bonds is 6. The second-order valence-corrected chi connectivity index (χ2v) is 6.05. The minimum Gasteiger partial charge on any atom is -0.395 e. The molecular weight excluding hydrogens is 338 g/mol. The monoisotopic (exact) mass is 355 g/mol.